The van der Waals surface area contributed by atoms with E-state index in [1.165, 1.54) is 5.56 Å². The Kier molecular flexibility index (Phi) is 8.27. The number of carbonyl (C=O) groups is 1. The molecule has 1 aliphatic heterocycles. The number of piperidine rings is 1. The number of fused-ring (bicyclic) bond motifs is 1. The van der Waals surface area contributed by atoms with Gasteiger partial charge in [0.2, 0.25) is 0 Å². The van der Waals surface area contributed by atoms with Crippen molar-refractivity contribution < 1.29 is 4.79 Å². The lowest BCUT2D eigenvalue weighted by Gasteiger charge is -2.32. The molecule has 10 heteroatoms. The van der Waals surface area contributed by atoms with E-state index in [-0.39, 0.29) is 23.4 Å². The highest BCUT2D eigenvalue weighted by molar-refractivity contribution is 6.43. The first kappa shape index (κ1) is 27.4. The zero-order valence-electron chi connectivity index (χ0n) is 22.9. The van der Waals surface area contributed by atoms with Crippen LogP contribution in [0.2, 0.25) is 0 Å². The Bertz CT molecular complexity index is 1670. The summed E-state index contributed by atoms with van der Waals surface area (Å²) < 4.78 is 2.01. The average Bonchev–Trinajstić information content (AvgIpc) is 3.38. The van der Waals surface area contributed by atoms with E-state index in [1.54, 1.807) is 31.5 Å². The zero-order valence-corrected chi connectivity index (χ0v) is 22.9. The van der Waals surface area contributed by atoms with Crippen LogP contribution in [0, 0.1) is 11.3 Å². The van der Waals surface area contributed by atoms with Crippen molar-refractivity contribution in [1.29, 1.82) is 5.26 Å². The highest BCUT2D eigenvalue weighted by atomic mass is 16.1. The van der Waals surface area contributed by atoms with Gasteiger partial charge < -0.3 is 11.1 Å². The maximum atomic E-state index is 12.7. The number of aliphatic imine (C=N–C) groups is 1. The predicted octanol–water partition coefficient (Wildman–Crippen LogP) is 4.20. The lowest BCUT2D eigenvalue weighted by atomic mass is 10.0. The number of imidazole rings is 1. The molecule has 10 nitrogen and oxygen atoms in total. The van der Waals surface area contributed by atoms with Crippen LogP contribution in [0.25, 0.3) is 28.2 Å². The minimum atomic E-state index is -0.289. The lowest BCUT2D eigenvalue weighted by Crippen LogP contribution is -2.46. The number of rotatable bonds is 8. The summed E-state index contributed by atoms with van der Waals surface area (Å²) in [7, 11) is 0. The molecule has 0 bridgehead atoms. The number of allylic oxidation sites excluding steroid dienone is 2. The maximum Gasteiger partial charge on any atom is 0.270 e. The van der Waals surface area contributed by atoms with Crippen molar-refractivity contribution in [2.24, 2.45) is 4.99 Å². The van der Waals surface area contributed by atoms with E-state index in [4.69, 9.17) is 16.0 Å². The molecule has 1 amide bonds. The van der Waals surface area contributed by atoms with Crippen LogP contribution in [0.4, 0.5) is 5.82 Å². The van der Waals surface area contributed by atoms with Gasteiger partial charge in [0.1, 0.15) is 28.8 Å². The molecule has 1 fully saturated rings. The fourth-order valence-electron chi connectivity index (χ4n) is 4.94. The summed E-state index contributed by atoms with van der Waals surface area (Å²) in [5.74, 6) is 0.821. The van der Waals surface area contributed by atoms with Crippen molar-refractivity contribution in [3.63, 3.8) is 0 Å². The third-order valence-electron chi connectivity index (χ3n) is 6.96. The van der Waals surface area contributed by atoms with Gasteiger partial charge in [0, 0.05) is 43.8 Å². The number of pyridine rings is 2. The SMILES string of the molecule is C=C(C#N)/N=C(\C=C/C)C(=O)NC1CCN(Cc2ccc(-n3c(-c4cccnc4N)nc4cccnc43)cc2)CC1. The number of nitrogens with two attached hydrogens (primary N) is 1. The number of nitrogens with zero attached hydrogens (tertiary/aromatic N) is 7. The Morgan fingerprint density at radius 2 is 1.90 bits per heavy atom. The molecule has 206 valence electrons. The average molecular weight is 546 g/mol. The van der Waals surface area contributed by atoms with E-state index >= 15 is 0 Å². The second-order valence-electron chi connectivity index (χ2n) is 9.80. The summed E-state index contributed by atoms with van der Waals surface area (Å²) >= 11 is 0. The van der Waals surface area contributed by atoms with Gasteiger partial charge in [0.05, 0.1) is 5.56 Å². The molecule has 0 aliphatic carbocycles. The summed E-state index contributed by atoms with van der Waals surface area (Å²) in [5, 5.41) is 12.0. The van der Waals surface area contributed by atoms with E-state index in [0.29, 0.717) is 11.6 Å². The van der Waals surface area contributed by atoms with Crippen LogP contribution < -0.4 is 11.1 Å². The molecule has 1 aliphatic rings. The molecule has 4 aromatic rings. The van der Waals surface area contributed by atoms with Gasteiger partial charge in [0.25, 0.3) is 5.91 Å². The van der Waals surface area contributed by atoms with E-state index in [0.717, 1.165) is 54.9 Å². The Hall–Kier alpha value is -5.14. The fraction of sp³-hybridized carbons (Fsp3) is 0.226. The summed E-state index contributed by atoms with van der Waals surface area (Å²) in [5.41, 5.74) is 10.8. The number of nitriles is 1. The largest absolute Gasteiger partial charge is 0.383 e. The summed E-state index contributed by atoms with van der Waals surface area (Å²) in [6, 6.07) is 17.9. The number of amides is 1. The van der Waals surface area contributed by atoms with E-state index in [9.17, 15) is 4.79 Å². The van der Waals surface area contributed by atoms with E-state index < -0.39 is 0 Å². The fourth-order valence-corrected chi connectivity index (χ4v) is 4.94. The first-order valence-corrected chi connectivity index (χ1v) is 13.4. The molecule has 1 aromatic carbocycles. The van der Waals surface area contributed by atoms with Gasteiger partial charge in [-0.15, -0.1) is 0 Å². The zero-order chi connectivity index (χ0) is 28.8. The van der Waals surface area contributed by atoms with Crippen molar-refractivity contribution in [1.82, 2.24) is 29.7 Å². The number of nitrogen functional groups attached to an aromatic ring is 1. The molecule has 3 N–H and O–H groups in total. The molecular weight excluding hydrogens is 514 g/mol. The third-order valence-corrected chi connectivity index (χ3v) is 6.96. The van der Waals surface area contributed by atoms with E-state index in [2.05, 4.69) is 56.0 Å². The molecule has 1 saturated heterocycles. The first-order valence-electron chi connectivity index (χ1n) is 13.4. The number of benzene rings is 1. The Morgan fingerprint density at radius 1 is 1.17 bits per heavy atom. The minimum Gasteiger partial charge on any atom is -0.383 e. The van der Waals surface area contributed by atoms with Crippen LogP contribution >= 0.6 is 0 Å². The van der Waals surface area contributed by atoms with Crippen LogP contribution in [0.1, 0.15) is 25.3 Å². The van der Waals surface area contributed by atoms with Crippen molar-refractivity contribution in [3.05, 3.63) is 90.9 Å². The number of likely N-dealkylation sites (tertiary alicyclic amines) is 1. The van der Waals surface area contributed by atoms with Crippen molar-refractivity contribution in [2.75, 3.05) is 18.8 Å². The molecule has 5 rings (SSSR count). The highest BCUT2D eigenvalue weighted by Crippen LogP contribution is 2.30. The number of carbonyl (C=O) groups excluding carboxylic acids is 1. The second-order valence-corrected chi connectivity index (χ2v) is 9.80. The number of hydrogen-bond acceptors (Lipinski definition) is 8. The smallest absolute Gasteiger partial charge is 0.270 e. The second kappa shape index (κ2) is 12.4. The standard InChI is InChI=1S/C31H31N9O/c1-3-6-27(36-21(2)19-32)31(41)37-23-13-17-39(18-14-23)20-22-9-11-24(12-10-22)40-29(25-7-4-15-34-28(25)33)38-26-8-5-16-35-30(26)40/h3-12,15-16,23H,2,13-14,17-18,20H2,1H3,(H2,33,34)(H,37,41)/b6-3-,36-27+. The van der Waals surface area contributed by atoms with Crippen LogP contribution in [-0.2, 0) is 11.3 Å². The lowest BCUT2D eigenvalue weighted by molar-refractivity contribution is -0.115. The monoisotopic (exact) mass is 545 g/mol. The topological polar surface area (TPSA) is 138 Å². The molecule has 4 heterocycles. The number of hydrogen-bond donors (Lipinski definition) is 2. The molecule has 0 spiro atoms. The van der Waals surface area contributed by atoms with Gasteiger partial charge in [-0.25, -0.2) is 19.9 Å². The Labute approximate surface area is 238 Å². The molecule has 3 aromatic heterocycles. The Balaban J connectivity index is 1.26. The van der Waals surface area contributed by atoms with Gasteiger partial charge >= 0.3 is 0 Å². The van der Waals surface area contributed by atoms with Crippen LogP contribution in [-0.4, -0.2) is 55.2 Å². The number of aromatic nitrogens is 4. The van der Waals surface area contributed by atoms with Gasteiger partial charge in [-0.05, 0) is 67.8 Å². The van der Waals surface area contributed by atoms with Crippen LogP contribution in [0.3, 0.4) is 0 Å². The predicted molar refractivity (Wildman–Crippen MR) is 160 cm³/mol. The van der Waals surface area contributed by atoms with E-state index in [1.807, 2.05) is 34.9 Å². The number of nitrogens with one attached hydrogen (secondary N) is 1. The molecule has 41 heavy (non-hydrogen) atoms. The van der Waals surface area contributed by atoms with Crippen molar-refractivity contribution in [3.8, 4) is 23.1 Å². The van der Waals surface area contributed by atoms with Crippen LogP contribution in [0.15, 0.2) is 90.3 Å². The van der Waals surface area contributed by atoms with Crippen LogP contribution in [0.5, 0.6) is 0 Å². The molecule has 0 radical (unpaired) electrons. The van der Waals surface area contributed by atoms with Gasteiger partial charge in [-0.3, -0.25) is 14.3 Å². The quantitative estimate of drug-likeness (QED) is 0.250. The normalized spacial score (nSPS) is 14.8. The molecule has 0 atom stereocenters. The maximum absolute atomic E-state index is 12.7. The van der Waals surface area contributed by atoms with Crippen molar-refractivity contribution >= 4 is 28.6 Å². The summed E-state index contributed by atoms with van der Waals surface area (Å²) in [6.45, 7) is 7.86. The van der Waals surface area contributed by atoms with Gasteiger partial charge in [-0.2, -0.15) is 5.26 Å². The molecular formula is C31H31N9O. The summed E-state index contributed by atoms with van der Waals surface area (Å²) in [4.78, 5) is 32.7. The highest BCUT2D eigenvalue weighted by Gasteiger charge is 2.23. The molecule has 0 saturated carbocycles. The molecule has 0 unspecified atom stereocenters. The van der Waals surface area contributed by atoms with Crippen molar-refractivity contribution in [2.45, 2.75) is 32.4 Å². The minimum absolute atomic E-state index is 0.00371. The third kappa shape index (κ3) is 6.21. The summed E-state index contributed by atoms with van der Waals surface area (Å²) in [6.07, 6.45) is 8.39. The Morgan fingerprint density at radius 3 is 2.61 bits per heavy atom. The van der Waals surface area contributed by atoms with Gasteiger partial charge in [0.15, 0.2) is 11.5 Å². The first-order chi connectivity index (χ1) is 20.0. The van der Waals surface area contributed by atoms with Gasteiger partial charge in [-0.1, -0.05) is 24.8 Å². The number of anilines is 1.